The fourth-order valence-corrected chi connectivity index (χ4v) is 2.39. The molecule has 2 heterocycles. The van der Waals surface area contributed by atoms with Gasteiger partial charge in [0.2, 0.25) is 5.91 Å². The lowest BCUT2D eigenvalue weighted by Crippen LogP contribution is -2.34. The van der Waals surface area contributed by atoms with Gasteiger partial charge in [0.15, 0.2) is 5.82 Å². The zero-order chi connectivity index (χ0) is 15.6. The SMILES string of the molecule is CC(=O)N1CCc2[nH]nc(N/C(C)=C(F)/C=C(\C)Br)c2C1. The van der Waals surface area contributed by atoms with E-state index in [0.717, 1.165) is 17.7 Å². The maximum Gasteiger partial charge on any atom is 0.219 e. The minimum absolute atomic E-state index is 0.0316. The molecule has 0 saturated heterocycles. The largest absolute Gasteiger partial charge is 0.340 e. The zero-order valence-corrected chi connectivity index (χ0v) is 13.8. The normalized spacial score (nSPS) is 16.4. The number of nitrogens with zero attached hydrogens (tertiary/aromatic N) is 2. The van der Waals surface area contributed by atoms with Crippen LogP contribution in [0.15, 0.2) is 22.1 Å². The number of fused-ring (bicyclic) bond motifs is 1. The van der Waals surface area contributed by atoms with Crippen molar-refractivity contribution >= 4 is 27.7 Å². The smallest absolute Gasteiger partial charge is 0.219 e. The predicted molar refractivity (Wildman–Crippen MR) is 83.5 cm³/mol. The Kier molecular flexibility index (Phi) is 4.82. The van der Waals surface area contributed by atoms with Gasteiger partial charge in [-0.3, -0.25) is 9.89 Å². The number of allylic oxidation sites excluding steroid dienone is 4. The topological polar surface area (TPSA) is 61.0 Å². The maximum atomic E-state index is 13.9. The number of aromatic amines is 1. The molecule has 0 spiro atoms. The molecule has 0 aliphatic carbocycles. The highest BCUT2D eigenvalue weighted by Gasteiger charge is 2.23. The van der Waals surface area contributed by atoms with E-state index in [1.54, 1.807) is 25.7 Å². The Morgan fingerprint density at radius 1 is 1.48 bits per heavy atom. The maximum absolute atomic E-state index is 13.9. The first-order valence-electron chi connectivity index (χ1n) is 6.67. The summed E-state index contributed by atoms with van der Waals surface area (Å²) < 4.78 is 14.6. The van der Waals surface area contributed by atoms with E-state index in [-0.39, 0.29) is 11.7 Å². The van der Waals surface area contributed by atoms with Gasteiger partial charge in [-0.25, -0.2) is 4.39 Å². The van der Waals surface area contributed by atoms with Gasteiger partial charge in [0.05, 0.1) is 6.54 Å². The summed E-state index contributed by atoms with van der Waals surface area (Å²) in [5.41, 5.74) is 2.29. The van der Waals surface area contributed by atoms with Crippen LogP contribution in [0.3, 0.4) is 0 Å². The van der Waals surface area contributed by atoms with Crippen LogP contribution in [0.5, 0.6) is 0 Å². The zero-order valence-electron chi connectivity index (χ0n) is 12.3. The Morgan fingerprint density at radius 2 is 2.19 bits per heavy atom. The number of anilines is 1. The molecule has 2 rings (SSSR count). The third-order valence-electron chi connectivity index (χ3n) is 3.37. The highest BCUT2D eigenvalue weighted by molar-refractivity contribution is 9.11. The van der Waals surface area contributed by atoms with E-state index in [1.807, 2.05) is 0 Å². The molecule has 1 aliphatic heterocycles. The molecule has 0 saturated carbocycles. The number of carbonyl (C=O) groups is 1. The van der Waals surface area contributed by atoms with Gasteiger partial charge in [0, 0.05) is 36.8 Å². The number of amides is 1. The molecule has 114 valence electrons. The summed E-state index contributed by atoms with van der Waals surface area (Å²) in [6.07, 6.45) is 2.12. The first-order valence-corrected chi connectivity index (χ1v) is 7.46. The molecule has 1 aromatic rings. The van der Waals surface area contributed by atoms with E-state index < -0.39 is 0 Å². The first kappa shape index (κ1) is 15.8. The van der Waals surface area contributed by atoms with Crippen molar-refractivity contribution in [3.05, 3.63) is 33.3 Å². The monoisotopic (exact) mass is 356 g/mol. The summed E-state index contributed by atoms with van der Waals surface area (Å²) in [5.74, 6) is 0.244. The number of carbonyl (C=O) groups excluding carboxylic acids is 1. The molecule has 0 aromatic carbocycles. The number of hydrogen-bond donors (Lipinski definition) is 2. The molecule has 0 bridgehead atoms. The van der Waals surface area contributed by atoms with Crippen LogP contribution in [-0.2, 0) is 17.8 Å². The molecular formula is C14H18BrFN4O. The van der Waals surface area contributed by atoms with Gasteiger partial charge in [0.25, 0.3) is 0 Å². The van der Waals surface area contributed by atoms with E-state index in [9.17, 15) is 9.18 Å². The fraction of sp³-hybridized carbons (Fsp3) is 0.429. The molecule has 2 N–H and O–H groups in total. The Hall–Kier alpha value is -1.63. The molecule has 0 radical (unpaired) electrons. The van der Waals surface area contributed by atoms with Crippen LogP contribution in [0.25, 0.3) is 0 Å². The molecule has 21 heavy (non-hydrogen) atoms. The molecule has 1 amide bonds. The van der Waals surface area contributed by atoms with Crippen molar-refractivity contribution in [3.8, 4) is 0 Å². The summed E-state index contributed by atoms with van der Waals surface area (Å²) in [6.45, 7) is 6.12. The quantitative estimate of drug-likeness (QED) is 0.817. The number of halogens is 2. The van der Waals surface area contributed by atoms with E-state index in [4.69, 9.17) is 0 Å². The van der Waals surface area contributed by atoms with E-state index in [1.165, 1.54) is 6.08 Å². The molecular weight excluding hydrogens is 339 g/mol. The van der Waals surface area contributed by atoms with Gasteiger partial charge in [-0.1, -0.05) is 15.9 Å². The van der Waals surface area contributed by atoms with Crippen LogP contribution in [0.4, 0.5) is 10.2 Å². The summed E-state index contributed by atoms with van der Waals surface area (Å²) >= 11 is 3.20. The van der Waals surface area contributed by atoms with Crippen molar-refractivity contribution in [1.82, 2.24) is 15.1 Å². The van der Waals surface area contributed by atoms with Crippen LogP contribution in [0, 0.1) is 0 Å². The summed E-state index contributed by atoms with van der Waals surface area (Å²) in [6, 6.07) is 0. The standard InChI is InChI=1S/C14H18BrFN4O/c1-8(15)6-12(16)9(2)17-14-11-7-20(10(3)21)5-4-13(11)18-19-14/h6H,4-5,7H2,1-3H3,(H2,17,18,19)/b8-6+,12-9-. The average Bonchev–Trinajstić information content (AvgIpc) is 2.80. The highest BCUT2D eigenvalue weighted by Crippen LogP contribution is 2.25. The molecule has 0 unspecified atom stereocenters. The van der Waals surface area contributed by atoms with Crippen molar-refractivity contribution in [2.24, 2.45) is 0 Å². The lowest BCUT2D eigenvalue weighted by Gasteiger charge is -2.25. The number of nitrogens with one attached hydrogen (secondary N) is 2. The Balaban J connectivity index is 2.22. The van der Waals surface area contributed by atoms with Gasteiger partial charge in [-0.05, 0) is 24.4 Å². The van der Waals surface area contributed by atoms with Gasteiger partial charge >= 0.3 is 0 Å². The molecule has 5 nitrogen and oxygen atoms in total. The average molecular weight is 357 g/mol. The van der Waals surface area contributed by atoms with E-state index >= 15 is 0 Å². The van der Waals surface area contributed by atoms with Gasteiger partial charge in [0.1, 0.15) is 5.83 Å². The summed E-state index contributed by atoms with van der Waals surface area (Å²) in [5, 5.41) is 10.1. The Labute approximate surface area is 131 Å². The second-order valence-corrected chi connectivity index (χ2v) is 6.30. The molecule has 0 atom stereocenters. The number of hydrogen-bond acceptors (Lipinski definition) is 3. The Morgan fingerprint density at radius 3 is 2.81 bits per heavy atom. The second-order valence-electron chi connectivity index (χ2n) is 5.05. The van der Waals surface area contributed by atoms with Gasteiger partial charge in [-0.2, -0.15) is 5.10 Å². The van der Waals surface area contributed by atoms with Gasteiger partial charge < -0.3 is 10.2 Å². The minimum atomic E-state index is -0.361. The van der Waals surface area contributed by atoms with E-state index in [2.05, 4.69) is 31.4 Å². The van der Waals surface area contributed by atoms with Crippen molar-refractivity contribution in [2.75, 3.05) is 11.9 Å². The van der Waals surface area contributed by atoms with E-state index in [0.29, 0.717) is 29.1 Å². The third kappa shape index (κ3) is 3.72. The molecule has 1 aromatic heterocycles. The Bertz CT molecular complexity index is 616. The first-order chi connectivity index (χ1) is 9.88. The fourth-order valence-electron chi connectivity index (χ4n) is 2.19. The van der Waals surface area contributed by atoms with Crippen LogP contribution in [0.1, 0.15) is 32.0 Å². The lowest BCUT2D eigenvalue weighted by atomic mass is 10.1. The van der Waals surface area contributed by atoms with Crippen LogP contribution < -0.4 is 5.32 Å². The lowest BCUT2D eigenvalue weighted by molar-refractivity contribution is -0.129. The molecule has 7 heteroatoms. The van der Waals surface area contributed by atoms with Crippen LogP contribution >= 0.6 is 15.9 Å². The van der Waals surface area contributed by atoms with Crippen LogP contribution in [-0.4, -0.2) is 27.5 Å². The van der Waals surface area contributed by atoms with Crippen molar-refractivity contribution in [2.45, 2.75) is 33.7 Å². The van der Waals surface area contributed by atoms with Gasteiger partial charge in [-0.15, -0.1) is 0 Å². The van der Waals surface area contributed by atoms with Crippen molar-refractivity contribution < 1.29 is 9.18 Å². The molecule has 1 aliphatic rings. The third-order valence-corrected chi connectivity index (χ3v) is 3.60. The minimum Gasteiger partial charge on any atom is -0.340 e. The predicted octanol–water partition coefficient (Wildman–Crippen LogP) is 3.23. The summed E-state index contributed by atoms with van der Waals surface area (Å²) in [4.78, 5) is 13.2. The second kappa shape index (κ2) is 6.43. The number of rotatable bonds is 3. The number of H-pyrrole nitrogens is 1. The van der Waals surface area contributed by atoms with Crippen molar-refractivity contribution in [1.29, 1.82) is 0 Å². The molecule has 0 fully saturated rings. The highest BCUT2D eigenvalue weighted by atomic mass is 79.9. The van der Waals surface area contributed by atoms with Crippen molar-refractivity contribution in [3.63, 3.8) is 0 Å². The number of aromatic nitrogens is 2. The summed E-state index contributed by atoms with van der Waals surface area (Å²) in [7, 11) is 0. The van der Waals surface area contributed by atoms with Crippen LogP contribution in [0.2, 0.25) is 0 Å².